The van der Waals surface area contributed by atoms with Crippen molar-refractivity contribution in [1.82, 2.24) is 5.32 Å². The summed E-state index contributed by atoms with van der Waals surface area (Å²) in [4.78, 5) is 11.5. The number of carbonyl (C=O) groups is 1. The first-order chi connectivity index (χ1) is 7.04. The Bertz CT molecular complexity index is 370. The summed E-state index contributed by atoms with van der Waals surface area (Å²) in [6, 6.07) is 3.68. The molecule has 2 N–H and O–H groups in total. The van der Waals surface area contributed by atoms with E-state index in [9.17, 15) is 9.18 Å². The number of aliphatic hydroxyl groups is 1. The molecule has 0 heterocycles. The van der Waals surface area contributed by atoms with Gasteiger partial charge in [-0.05, 0) is 41.1 Å². The smallest absolute Gasteiger partial charge is 0.251 e. The van der Waals surface area contributed by atoms with Crippen LogP contribution in [0.2, 0.25) is 0 Å². The number of nitrogens with one attached hydrogen (secondary N) is 1. The molecule has 0 aliphatic carbocycles. The average molecular weight is 276 g/mol. The molecule has 1 aromatic carbocycles. The molecule has 3 nitrogen and oxygen atoms in total. The van der Waals surface area contributed by atoms with Gasteiger partial charge in [-0.25, -0.2) is 4.39 Å². The average Bonchev–Trinajstić information content (AvgIpc) is 2.21. The second kappa shape index (κ2) is 5.23. The number of rotatable bonds is 3. The number of benzene rings is 1. The molecule has 0 aliphatic heterocycles. The second-order valence-electron chi connectivity index (χ2n) is 3.19. The van der Waals surface area contributed by atoms with Gasteiger partial charge in [0.15, 0.2) is 0 Å². The van der Waals surface area contributed by atoms with Gasteiger partial charge < -0.3 is 10.4 Å². The molecule has 1 atom stereocenters. The molecule has 0 spiro atoms. The topological polar surface area (TPSA) is 49.3 Å². The van der Waals surface area contributed by atoms with E-state index in [0.29, 0.717) is 5.56 Å². The lowest BCUT2D eigenvalue weighted by molar-refractivity contribution is 0.0922. The Hall–Kier alpha value is -0.940. The molecule has 1 rings (SSSR count). The first-order valence-corrected chi connectivity index (χ1v) is 5.20. The number of halogens is 2. The largest absolute Gasteiger partial charge is 0.394 e. The van der Waals surface area contributed by atoms with Crippen molar-refractivity contribution in [3.8, 4) is 0 Å². The molecule has 82 valence electrons. The van der Waals surface area contributed by atoms with Gasteiger partial charge in [-0.3, -0.25) is 4.79 Å². The molecule has 1 amide bonds. The van der Waals surface area contributed by atoms with Crippen LogP contribution in [0.5, 0.6) is 0 Å². The van der Waals surface area contributed by atoms with Crippen molar-refractivity contribution in [2.24, 2.45) is 0 Å². The molecular weight excluding hydrogens is 265 g/mol. The lowest BCUT2D eigenvalue weighted by Gasteiger charge is -2.10. The first-order valence-electron chi connectivity index (χ1n) is 4.41. The van der Waals surface area contributed by atoms with Crippen LogP contribution in [0.25, 0.3) is 0 Å². The predicted octanol–water partition coefficient (Wildman–Crippen LogP) is 1.70. The molecule has 0 saturated heterocycles. The maximum atomic E-state index is 12.9. The van der Waals surface area contributed by atoms with E-state index in [4.69, 9.17) is 5.11 Å². The molecule has 1 aromatic rings. The summed E-state index contributed by atoms with van der Waals surface area (Å²) in [6.45, 7) is 1.55. The summed E-state index contributed by atoms with van der Waals surface area (Å²) in [7, 11) is 0. The summed E-state index contributed by atoms with van der Waals surface area (Å²) < 4.78 is 13.1. The van der Waals surface area contributed by atoms with E-state index in [0.717, 1.165) is 0 Å². The molecule has 15 heavy (non-hydrogen) atoms. The summed E-state index contributed by atoms with van der Waals surface area (Å²) in [5.74, 6) is -0.751. The van der Waals surface area contributed by atoms with Crippen LogP contribution in [0.3, 0.4) is 0 Å². The molecule has 5 heteroatoms. The van der Waals surface area contributed by atoms with Gasteiger partial charge in [0.1, 0.15) is 5.82 Å². The first kappa shape index (κ1) is 12.1. The van der Waals surface area contributed by atoms with Gasteiger partial charge in [0.2, 0.25) is 0 Å². The molecule has 0 unspecified atom stereocenters. The van der Waals surface area contributed by atoms with E-state index in [1.54, 1.807) is 6.92 Å². The summed E-state index contributed by atoms with van der Waals surface area (Å²) in [5.41, 5.74) is 0.351. The van der Waals surface area contributed by atoms with E-state index >= 15 is 0 Å². The van der Waals surface area contributed by atoms with Gasteiger partial charge in [0.25, 0.3) is 5.91 Å². The van der Waals surface area contributed by atoms with Crippen molar-refractivity contribution >= 4 is 21.8 Å². The number of amides is 1. The zero-order valence-electron chi connectivity index (χ0n) is 8.13. The molecule has 0 aliphatic rings. The Kier molecular flexibility index (Phi) is 4.23. The molecule has 0 saturated carbocycles. The summed E-state index contributed by atoms with van der Waals surface area (Å²) in [6.07, 6.45) is 0. The monoisotopic (exact) mass is 275 g/mol. The van der Waals surface area contributed by atoms with E-state index < -0.39 is 5.82 Å². The van der Waals surface area contributed by atoms with Crippen LogP contribution in [-0.4, -0.2) is 23.7 Å². The van der Waals surface area contributed by atoms with Gasteiger partial charge in [-0.1, -0.05) is 0 Å². The Balaban J connectivity index is 2.78. The van der Waals surface area contributed by atoms with Crippen molar-refractivity contribution in [3.63, 3.8) is 0 Å². The molecular formula is C10H11BrFNO2. The van der Waals surface area contributed by atoms with E-state index in [1.807, 2.05) is 0 Å². The maximum absolute atomic E-state index is 12.9. The van der Waals surface area contributed by atoms with Crippen molar-refractivity contribution in [3.05, 3.63) is 34.1 Å². The number of aliphatic hydroxyl groups excluding tert-OH is 1. The third kappa shape index (κ3) is 3.28. The molecule has 0 bridgehead atoms. The van der Waals surface area contributed by atoms with Gasteiger partial charge in [-0.15, -0.1) is 0 Å². The minimum Gasteiger partial charge on any atom is -0.394 e. The van der Waals surface area contributed by atoms with Crippen molar-refractivity contribution in [2.45, 2.75) is 13.0 Å². The maximum Gasteiger partial charge on any atom is 0.251 e. The second-order valence-corrected chi connectivity index (χ2v) is 4.04. The highest BCUT2D eigenvalue weighted by atomic mass is 79.9. The lowest BCUT2D eigenvalue weighted by Crippen LogP contribution is -2.34. The zero-order chi connectivity index (χ0) is 11.4. The van der Waals surface area contributed by atoms with Crippen LogP contribution >= 0.6 is 15.9 Å². The normalized spacial score (nSPS) is 12.3. The van der Waals surface area contributed by atoms with Gasteiger partial charge >= 0.3 is 0 Å². The lowest BCUT2D eigenvalue weighted by atomic mass is 10.2. The van der Waals surface area contributed by atoms with Gasteiger partial charge in [-0.2, -0.15) is 0 Å². The van der Waals surface area contributed by atoms with Crippen molar-refractivity contribution < 1.29 is 14.3 Å². The van der Waals surface area contributed by atoms with Crippen LogP contribution in [0.15, 0.2) is 22.7 Å². The number of hydrogen-bond donors (Lipinski definition) is 2. The standard InChI is InChI=1S/C10H11BrFNO2/c1-6(5-14)13-10(15)7-2-3-9(12)8(11)4-7/h2-4,6,14H,5H2,1H3,(H,13,15)/t6-/m0/s1. The van der Waals surface area contributed by atoms with Gasteiger partial charge in [0, 0.05) is 11.6 Å². The van der Waals surface area contributed by atoms with E-state index in [2.05, 4.69) is 21.2 Å². The van der Waals surface area contributed by atoms with Crippen LogP contribution in [0, 0.1) is 5.82 Å². The Morgan fingerprint density at radius 2 is 2.33 bits per heavy atom. The highest BCUT2D eigenvalue weighted by Gasteiger charge is 2.10. The Morgan fingerprint density at radius 3 is 2.87 bits per heavy atom. The Labute approximate surface area is 95.4 Å². The minimum atomic E-state index is -0.415. The summed E-state index contributed by atoms with van der Waals surface area (Å²) in [5, 5.41) is 11.3. The van der Waals surface area contributed by atoms with Crippen LogP contribution in [0.4, 0.5) is 4.39 Å². The highest BCUT2D eigenvalue weighted by molar-refractivity contribution is 9.10. The minimum absolute atomic E-state index is 0.131. The van der Waals surface area contributed by atoms with E-state index in [1.165, 1.54) is 18.2 Å². The SMILES string of the molecule is C[C@@H](CO)NC(=O)c1ccc(F)c(Br)c1. The highest BCUT2D eigenvalue weighted by Crippen LogP contribution is 2.16. The fraction of sp³-hybridized carbons (Fsp3) is 0.300. The third-order valence-corrected chi connectivity index (χ3v) is 2.44. The molecule has 0 fully saturated rings. The molecule has 0 aromatic heterocycles. The Morgan fingerprint density at radius 1 is 1.67 bits per heavy atom. The van der Waals surface area contributed by atoms with Gasteiger partial charge in [0.05, 0.1) is 11.1 Å². The number of hydrogen-bond acceptors (Lipinski definition) is 2. The van der Waals surface area contributed by atoms with Crippen molar-refractivity contribution in [2.75, 3.05) is 6.61 Å². The van der Waals surface area contributed by atoms with Crippen LogP contribution in [-0.2, 0) is 0 Å². The number of carbonyl (C=O) groups excluding carboxylic acids is 1. The third-order valence-electron chi connectivity index (χ3n) is 1.83. The van der Waals surface area contributed by atoms with Crippen LogP contribution < -0.4 is 5.32 Å². The fourth-order valence-corrected chi connectivity index (χ4v) is 1.37. The predicted molar refractivity (Wildman–Crippen MR) is 58.1 cm³/mol. The zero-order valence-corrected chi connectivity index (χ0v) is 9.71. The quantitative estimate of drug-likeness (QED) is 0.882. The van der Waals surface area contributed by atoms with Crippen molar-refractivity contribution in [1.29, 1.82) is 0 Å². The fourth-order valence-electron chi connectivity index (χ4n) is 0.990. The molecule has 0 radical (unpaired) electrons. The van der Waals surface area contributed by atoms with Crippen LogP contribution in [0.1, 0.15) is 17.3 Å². The summed E-state index contributed by atoms with van der Waals surface area (Å²) >= 11 is 2.99. The van der Waals surface area contributed by atoms with E-state index in [-0.39, 0.29) is 23.0 Å².